The van der Waals surface area contributed by atoms with Crippen molar-refractivity contribution in [2.24, 2.45) is 0 Å². The van der Waals surface area contributed by atoms with E-state index in [-0.39, 0.29) is 0 Å². The second-order valence-corrected chi connectivity index (χ2v) is 3.18. The predicted octanol–water partition coefficient (Wildman–Crippen LogP) is 4.28. The smallest absolute Gasteiger partial charge is 0.0317 e. The second-order valence-electron chi connectivity index (χ2n) is 3.18. The van der Waals surface area contributed by atoms with E-state index in [0.717, 1.165) is 18.4 Å². The van der Waals surface area contributed by atoms with Crippen LogP contribution in [0.3, 0.4) is 0 Å². The number of unbranched alkanes of at least 4 members (excludes halogenated alkanes) is 3. The van der Waals surface area contributed by atoms with Gasteiger partial charge in [0.25, 0.3) is 0 Å². The van der Waals surface area contributed by atoms with Gasteiger partial charge in [0.1, 0.15) is 0 Å². The Kier molecular flexibility index (Phi) is 8.20. The van der Waals surface area contributed by atoms with Crippen molar-refractivity contribution in [1.29, 1.82) is 0 Å². The molecule has 0 amide bonds. The van der Waals surface area contributed by atoms with Gasteiger partial charge < -0.3 is 0 Å². The van der Waals surface area contributed by atoms with Crippen LogP contribution in [0.25, 0.3) is 0 Å². The van der Waals surface area contributed by atoms with Gasteiger partial charge in [0.2, 0.25) is 0 Å². The summed E-state index contributed by atoms with van der Waals surface area (Å²) in [5.74, 6) is 0. The summed E-state index contributed by atoms with van der Waals surface area (Å²) in [5.41, 5.74) is 1.15. The molecule has 0 nitrogen and oxygen atoms in total. The average Bonchev–Trinajstić information content (AvgIpc) is 2.10. The van der Waals surface area contributed by atoms with Crippen molar-refractivity contribution >= 4 is 0 Å². The third kappa shape index (κ3) is 7.59. The molecule has 0 fully saturated rings. The lowest BCUT2D eigenvalue weighted by molar-refractivity contribution is 0.676. The van der Waals surface area contributed by atoms with Crippen molar-refractivity contribution in [3.05, 3.63) is 24.3 Å². The molecule has 0 aromatic carbocycles. The lowest BCUT2D eigenvalue weighted by Crippen LogP contribution is -1.80. The highest BCUT2D eigenvalue weighted by Gasteiger charge is 1.91. The van der Waals surface area contributed by atoms with Gasteiger partial charge in [0.15, 0.2) is 0 Å². The van der Waals surface area contributed by atoms with Crippen LogP contribution in [0.5, 0.6) is 0 Å². The lowest BCUT2D eigenvalue weighted by atomic mass is 10.1. The Hall–Kier alpha value is -0.520. The van der Waals surface area contributed by atoms with Crippen LogP contribution >= 0.6 is 0 Å². The summed E-state index contributed by atoms with van der Waals surface area (Å²) in [6.07, 6.45) is 11.6. The molecule has 69 valence electrons. The molecule has 0 heterocycles. The number of allylic oxidation sites excluding steroid dienone is 3. The molecule has 0 aliphatic heterocycles. The zero-order valence-electron chi connectivity index (χ0n) is 8.47. The van der Waals surface area contributed by atoms with Crippen LogP contribution in [0.1, 0.15) is 52.4 Å². The third-order valence-corrected chi connectivity index (χ3v) is 2.06. The van der Waals surface area contributed by atoms with Crippen molar-refractivity contribution in [2.75, 3.05) is 0 Å². The summed E-state index contributed by atoms with van der Waals surface area (Å²) in [4.78, 5) is 0. The third-order valence-electron chi connectivity index (χ3n) is 2.06. The minimum atomic E-state index is 1.04. The molecule has 0 spiro atoms. The van der Waals surface area contributed by atoms with Crippen LogP contribution in [0.2, 0.25) is 0 Å². The van der Waals surface area contributed by atoms with Crippen molar-refractivity contribution in [3.8, 4) is 0 Å². The van der Waals surface area contributed by atoms with Crippen molar-refractivity contribution in [2.45, 2.75) is 52.4 Å². The van der Waals surface area contributed by atoms with Gasteiger partial charge in [-0.3, -0.25) is 0 Å². The van der Waals surface area contributed by atoms with Gasteiger partial charge in [-0.2, -0.15) is 0 Å². The SMILES string of the molecule is [CH]=C(CC)CCCCCC=CC. The Bertz CT molecular complexity index is 131. The summed E-state index contributed by atoms with van der Waals surface area (Å²) < 4.78 is 0. The number of hydrogen-bond acceptors (Lipinski definition) is 0. The predicted molar refractivity (Wildman–Crippen MR) is 56.0 cm³/mol. The van der Waals surface area contributed by atoms with Crippen LogP contribution in [-0.2, 0) is 0 Å². The van der Waals surface area contributed by atoms with Crippen LogP contribution in [0, 0.1) is 6.58 Å². The summed E-state index contributed by atoms with van der Waals surface area (Å²) in [5, 5.41) is 0. The summed E-state index contributed by atoms with van der Waals surface area (Å²) in [7, 11) is 0. The fraction of sp³-hybridized carbons (Fsp3) is 0.667. The van der Waals surface area contributed by atoms with Gasteiger partial charge in [0.05, 0.1) is 0 Å². The summed E-state index contributed by atoms with van der Waals surface area (Å²) >= 11 is 0. The van der Waals surface area contributed by atoms with Gasteiger partial charge in [-0.15, -0.1) is 0 Å². The first-order valence-corrected chi connectivity index (χ1v) is 5.02. The van der Waals surface area contributed by atoms with Crippen LogP contribution in [0.4, 0.5) is 0 Å². The summed E-state index contributed by atoms with van der Waals surface area (Å²) in [6.45, 7) is 9.91. The monoisotopic (exact) mass is 165 g/mol. The van der Waals surface area contributed by atoms with Gasteiger partial charge in [-0.25, -0.2) is 0 Å². The van der Waals surface area contributed by atoms with E-state index in [1.807, 2.05) is 0 Å². The summed E-state index contributed by atoms with van der Waals surface area (Å²) in [6, 6.07) is 0. The zero-order valence-corrected chi connectivity index (χ0v) is 8.47. The van der Waals surface area contributed by atoms with E-state index in [1.165, 1.54) is 25.7 Å². The normalized spacial score (nSPS) is 10.8. The van der Waals surface area contributed by atoms with Gasteiger partial charge in [-0.1, -0.05) is 37.6 Å². The molecule has 0 unspecified atom stereocenters. The minimum absolute atomic E-state index is 1.04. The molecule has 0 atom stereocenters. The molecule has 0 aromatic rings. The van der Waals surface area contributed by atoms with Crippen molar-refractivity contribution in [1.82, 2.24) is 0 Å². The largest absolute Gasteiger partial charge is 0.0917 e. The Morgan fingerprint density at radius 2 is 2.00 bits per heavy atom. The molecule has 1 radical (unpaired) electrons. The van der Waals surface area contributed by atoms with E-state index in [0.29, 0.717) is 0 Å². The Labute approximate surface area is 77.4 Å². The lowest BCUT2D eigenvalue weighted by Gasteiger charge is -2.00. The molecule has 0 saturated heterocycles. The average molecular weight is 165 g/mol. The van der Waals surface area contributed by atoms with E-state index in [9.17, 15) is 0 Å². The molecule has 12 heavy (non-hydrogen) atoms. The number of hydrogen-bond donors (Lipinski definition) is 0. The fourth-order valence-corrected chi connectivity index (χ4v) is 1.13. The van der Waals surface area contributed by atoms with E-state index < -0.39 is 0 Å². The molecule has 0 N–H and O–H groups in total. The molecule has 0 saturated carbocycles. The van der Waals surface area contributed by atoms with E-state index in [1.54, 1.807) is 0 Å². The maximum atomic E-state index is 5.72. The van der Waals surface area contributed by atoms with Crippen LogP contribution < -0.4 is 0 Å². The van der Waals surface area contributed by atoms with E-state index in [4.69, 9.17) is 6.58 Å². The molecule has 0 rings (SSSR count). The zero-order chi connectivity index (χ0) is 9.23. The van der Waals surface area contributed by atoms with Crippen LogP contribution in [0.15, 0.2) is 17.7 Å². The minimum Gasteiger partial charge on any atom is -0.0917 e. The number of rotatable bonds is 7. The highest BCUT2D eigenvalue weighted by atomic mass is 14.0. The van der Waals surface area contributed by atoms with E-state index >= 15 is 0 Å². The fourth-order valence-electron chi connectivity index (χ4n) is 1.13. The quantitative estimate of drug-likeness (QED) is 0.390. The van der Waals surface area contributed by atoms with E-state index in [2.05, 4.69) is 26.0 Å². The van der Waals surface area contributed by atoms with Gasteiger partial charge >= 0.3 is 0 Å². The highest BCUT2D eigenvalue weighted by Crippen LogP contribution is 2.10. The molecular formula is C12H21. The first-order valence-electron chi connectivity index (χ1n) is 5.02. The maximum Gasteiger partial charge on any atom is -0.0317 e. The Morgan fingerprint density at radius 1 is 1.25 bits per heavy atom. The van der Waals surface area contributed by atoms with Gasteiger partial charge in [0, 0.05) is 0 Å². The first-order chi connectivity index (χ1) is 5.81. The molecule has 0 bridgehead atoms. The van der Waals surface area contributed by atoms with Crippen LogP contribution in [-0.4, -0.2) is 0 Å². The molecule has 0 heteroatoms. The first kappa shape index (κ1) is 11.5. The maximum absolute atomic E-state index is 5.72. The van der Waals surface area contributed by atoms with Crippen molar-refractivity contribution in [3.63, 3.8) is 0 Å². The topological polar surface area (TPSA) is 0 Å². The molecule has 0 aromatic heterocycles. The molecular weight excluding hydrogens is 144 g/mol. The second kappa shape index (κ2) is 8.58. The Balaban J connectivity index is 3.05. The van der Waals surface area contributed by atoms with Crippen molar-refractivity contribution < 1.29 is 0 Å². The molecule has 0 aliphatic rings. The highest BCUT2D eigenvalue weighted by molar-refractivity contribution is 4.88. The molecule has 0 aliphatic carbocycles. The van der Waals surface area contributed by atoms with Gasteiger partial charge in [-0.05, 0) is 39.0 Å². The standard InChI is InChI=1S/C12H21/c1-4-6-7-8-9-10-11-12(3)5-2/h3-4,6H,5,7-11H2,1-2H3. The Morgan fingerprint density at radius 3 is 2.58 bits per heavy atom.